The highest BCUT2D eigenvalue weighted by Gasteiger charge is 2.17. The van der Waals surface area contributed by atoms with Crippen LogP contribution >= 0.6 is 15.9 Å². The first kappa shape index (κ1) is 11.4. The monoisotopic (exact) mass is 279 g/mol. The molecule has 1 aromatic heterocycles. The van der Waals surface area contributed by atoms with Crippen LogP contribution in [0.25, 0.3) is 0 Å². The summed E-state index contributed by atoms with van der Waals surface area (Å²) in [7, 11) is 0. The summed E-state index contributed by atoms with van der Waals surface area (Å²) in [5, 5.41) is 3.42. The van der Waals surface area contributed by atoms with Gasteiger partial charge in [-0.05, 0) is 30.3 Å². The molecule has 1 heterocycles. The van der Waals surface area contributed by atoms with Crippen LogP contribution in [0, 0.1) is 0 Å². The molecule has 2 aromatic rings. The van der Waals surface area contributed by atoms with E-state index >= 15 is 0 Å². The first-order valence-corrected chi connectivity index (χ1v) is 6.13. The molecule has 0 saturated heterocycles. The van der Waals surface area contributed by atoms with E-state index in [0.717, 1.165) is 16.8 Å². The van der Waals surface area contributed by atoms with E-state index < -0.39 is 0 Å². The second-order valence-electron chi connectivity index (χ2n) is 3.53. The Labute approximate surface area is 104 Å². The van der Waals surface area contributed by atoms with Crippen LogP contribution in [0.5, 0.6) is 0 Å². The van der Waals surface area contributed by atoms with Crippen molar-refractivity contribution < 1.29 is 4.42 Å². The highest BCUT2D eigenvalue weighted by Crippen LogP contribution is 2.28. The molecule has 0 aliphatic rings. The van der Waals surface area contributed by atoms with Crippen LogP contribution in [-0.2, 0) is 0 Å². The molecule has 0 fully saturated rings. The van der Waals surface area contributed by atoms with Crippen molar-refractivity contribution in [2.75, 3.05) is 6.54 Å². The van der Waals surface area contributed by atoms with E-state index in [0.29, 0.717) is 0 Å². The summed E-state index contributed by atoms with van der Waals surface area (Å²) < 4.78 is 6.57. The number of hydrogen-bond acceptors (Lipinski definition) is 2. The minimum Gasteiger partial charge on any atom is -0.467 e. The maximum absolute atomic E-state index is 5.47. The normalized spacial score (nSPS) is 12.6. The highest BCUT2D eigenvalue weighted by molar-refractivity contribution is 9.10. The van der Waals surface area contributed by atoms with E-state index in [-0.39, 0.29) is 6.04 Å². The van der Waals surface area contributed by atoms with Crippen molar-refractivity contribution in [3.8, 4) is 0 Å². The summed E-state index contributed by atoms with van der Waals surface area (Å²) in [6, 6.07) is 12.2. The smallest absolute Gasteiger partial charge is 0.125 e. The number of benzene rings is 1. The lowest BCUT2D eigenvalue weighted by molar-refractivity contribution is 0.451. The number of hydrogen-bond donors (Lipinski definition) is 1. The van der Waals surface area contributed by atoms with Crippen LogP contribution in [0.4, 0.5) is 0 Å². The summed E-state index contributed by atoms with van der Waals surface area (Å²) in [5.41, 5.74) is 1.19. The van der Waals surface area contributed by atoms with Gasteiger partial charge in [0.25, 0.3) is 0 Å². The summed E-state index contributed by atoms with van der Waals surface area (Å²) >= 11 is 3.57. The van der Waals surface area contributed by atoms with Gasteiger partial charge in [0.1, 0.15) is 5.76 Å². The van der Waals surface area contributed by atoms with E-state index in [1.54, 1.807) is 6.26 Å². The van der Waals surface area contributed by atoms with Crippen molar-refractivity contribution in [1.29, 1.82) is 0 Å². The second-order valence-corrected chi connectivity index (χ2v) is 4.38. The average Bonchev–Trinajstić information content (AvgIpc) is 2.80. The van der Waals surface area contributed by atoms with E-state index in [9.17, 15) is 0 Å². The van der Waals surface area contributed by atoms with Gasteiger partial charge in [-0.2, -0.15) is 0 Å². The molecular weight excluding hydrogens is 266 g/mol. The van der Waals surface area contributed by atoms with E-state index in [1.165, 1.54) is 5.56 Å². The number of furan rings is 1. The van der Waals surface area contributed by atoms with Gasteiger partial charge >= 0.3 is 0 Å². The Hall–Kier alpha value is -1.06. The fraction of sp³-hybridized carbons (Fsp3) is 0.231. The molecule has 0 saturated carbocycles. The Morgan fingerprint density at radius 2 is 2.06 bits per heavy atom. The van der Waals surface area contributed by atoms with Gasteiger partial charge in [-0.1, -0.05) is 41.1 Å². The predicted octanol–water partition coefficient (Wildman–Crippen LogP) is 3.74. The molecule has 2 rings (SSSR count). The zero-order chi connectivity index (χ0) is 11.4. The van der Waals surface area contributed by atoms with Crippen LogP contribution in [0.1, 0.15) is 24.3 Å². The van der Waals surface area contributed by atoms with Gasteiger partial charge < -0.3 is 9.73 Å². The molecule has 16 heavy (non-hydrogen) atoms. The molecule has 0 amide bonds. The topological polar surface area (TPSA) is 25.2 Å². The fourth-order valence-corrected chi connectivity index (χ4v) is 2.25. The lowest BCUT2D eigenvalue weighted by Gasteiger charge is -2.17. The molecule has 84 valence electrons. The molecule has 0 aliphatic heterocycles. The van der Waals surface area contributed by atoms with Crippen molar-refractivity contribution >= 4 is 15.9 Å². The zero-order valence-electron chi connectivity index (χ0n) is 9.11. The Morgan fingerprint density at radius 1 is 1.25 bits per heavy atom. The molecule has 0 radical (unpaired) electrons. The molecule has 1 N–H and O–H groups in total. The molecule has 1 aromatic carbocycles. The van der Waals surface area contributed by atoms with Crippen LogP contribution in [0.3, 0.4) is 0 Å². The Morgan fingerprint density at radius 3 is 2.69 bits per heavy atom. The average molecular weight is 280 g/mol. The number of nitrogens with one attached hydrogen (secondary N) is 1. The Bertz CT molecular complexity index is 439. The Balaban J connectivity index is 2.37. The zero-order valence-corrected chi connectivity index (χ0v) is 10.7. The lowest BCUT2D eigenvalue weighted by Crippen LogP contribution is -2.21. The van der Waals surface area contributed by atoms with Crippen LogP contribution < -0.4 is 5.32 Å². The standard InChI is InChI=1S/C13H14BrNO/c1-2-15-13(12-8-5-9-16-12)10-6-3-4-7-11(10)14/h3-9,13,15H,2H2,1H3. The third-order valence-corrected chi connectivity index (χ3v) is 3.17. The van der Waals surface area contributed by atoms with E-state index in [1.807, 2.05) is 30.3 Å². The van der Waals surface area contributed by atoms with Crippen LogP contribution in [0.2, 0.25) is 0 Å². The first-order valence-electron chi connectivity index (χ1n) is 5.34. The lowest BCUT2D eigenvalue weighted by atomic mass is 10.0. The summed E-state index contributed by atoms with van der Waals surface area (Å²) in [5.74, 6) is 0.939. The van der Waals surface area contributed by atoms with Crippen LogP contribution in [0.15, 0.2) is 51.6 Å². The molecule has 0 spiro atoms. The maximum atomic E-state index is 5.47. The molecular formula is C13H14BrNO. The van der Waals surface area contributed by atoms with Crippen molar-refractivity contribution in [2.24, 2.45) is 0 Å². The molecule has 1 atom stereocenters. The number of halogens is 1. The van der Waals surface area contributed by atoms with Crippen molar-refractivity contribution in [2.45, 2.75) is 13.0 Å². The molecule has 0 bridgehead atoms. The minimum absolute atomic E-state index is 0.107. The fourth-order valence-electron chi connectivity index (χ4n) is 1.73. The molecule has 3 heteroatoms. The summed E-state index contributed by atoms with van der Waals surface area (Å²) in [4.78, 5) is 0. The van der Waals surface area contributed by atoms with E-state index in [2.05, 4.69) is 34.2 Å². The molecule has 1 unspecified atom stereocenters. The first-order chi connectivity index (χ1) is 7.83. The minimum atomic E-state index is 0.107. The molecule has 0 aliphatic carbocycles. The number of rotatable bonds is 4. The van der Waals surface area contributed by atoms with Gasteiger partial charge in [0, 0.05) is 4.47 Å². The predicted molar refractivity (Wildman–Crippen MR) is 68.4 cm³/mol. The summed E-state index contributed by atoms with van der Waals surface area (Å²) in [6.07, 6.45) is 1.70. The van der Waals surface area contributed by atoms with Crippen LogP contribution in [-0.4, -0.2) is 6.54 Å². The third kappa shape index (κ3) is 2.36. The molecule has 2 nitrogen and oxygen atoms in total. The van der Waals surface area contributed by atoms with Gasteiger partial charge in [-0.3, -0.25) is 0 Å². The summed E-state index contributed by atoms with van der Waals surface area (Å²) in [6.45, 7) is 2.99. The van der Waals surface area contributed by atoms with Gasteiger partial charge in [0.05, 0.1) is 12.3 Å². The van der Waals surface area contributed by atoms with Crippen molar-refractivity contribution in [3.05, 3.63) is 58.5 Å². The van der Waals surface area contributed by atoms with Crippen molar-refractivity contribution in [3.63, 3.8) is 0 Å². The highest BCUT2D eigenvalue weighted by atomic mass is 79.9. The Kier molecular flexibility index (Phi) is 3.80. The largest absolute Gasteiger partial charge is 0.467 e. The van der Waals surface area contributed by atoms with Gasteiger partial charge in [0.2, 0.25) is 0 Å². The second kappa shape index (κ2) is 5.32. The third-order valence-electron chi connectivity index (χ3n) is 2.45. The quantitative estimate of drug-likeness (QED) is 0.922. The van der Waals surface area contributed by atoms with Gasteiger partial charge in [-0.15, -0.1) is 0 Å². The van der Waals surface area contributed by atoms with Crippen molar-refractivity contribution in [1.82, 2.24) is 5.32 Å². The van der Waals surface area contributed by atoms with E-state index in [4.69, 9.17) is 4.42 Å². The van der Waals surface area contributed by atoms with Gasteiger partial charge in [0.15, 0.2) is 0 Å². The SMILES string of the molecule is CCNC(c1ccco1)c1ccccc1Br. The van der Waals surface area contributed by atoms with Gasteiger partial charge in [-0.25, -0.2) is 0 Å². The maximum Gasteiger partial charge on any atom is 0.125 e.